The van der Waals surface area contributed by atoms with Gasteiger partial charge in [-0.15, -0.1) is 0 Å². The lowest BCUT2D eigenvalue weighted by Crippen LogP contribution is -2.37. The van der Waals surface area contributed by atoms with Gasteiger partial charge in [-0.1, -0.05) is 11.6 Å². The number of nitrogens with zero attached hydrogens (tertiary/aromatic N) is 1. The second-order valence-corrected chi connectivity index (χ2v) is 6.93. The Kier molecular flexibility index (Phi) is 4.07. The highest BCUT2D eigenvalue weighted by Crippen LogP contribution is 2.38. The van der Waals surface area contributed by atoms with E-state index in [1.807, 2.05) is 0 Å². The van der Waals surface area contributed by atoms with E-state index in [-0.39, 0.29) is 11.9 Å². The van der Waals surface area contributed by atoms with Gasteiger partial charge < -0.3 is 14.8 Å². The van der Waals surface area contributed by atoms with E-state index in [9.17, 15) is 4.79 Å². The summed E-state index contributed by atoms with van der Waals surface area (Å²) in [7, 11) is 0. The van der Waals surface area contributed by atoms with Crippen LogP contribution in [0.3, 0.4) is 0 Å². The van der Waals surface area contributed by atoms with Crippen LogP contribution in [0, 0.1) is 0 Å². The third kappa shape index (κ3) is 3.26. The molecule has 0 aromatic heterocycles. The minimum atomic E-state index is -0.0924. The predicted octanol–water partition coefficient (Wildman–Crippen LogP) is 2.47. The largest absolute Gasteiger partial charge is 0.489 e. The molecule has 124 valence electrons. The molecular formula is C17H21ClN2O3. The predicted molar refractivity (Wildman–Crippen MR) is 87.5 cm³/mol. The molecule has 3 aliphatic rings. The van der Waals surface area contributed by atoms with Crippen LogP contribution in [0.15, 0.2) is 12.1 Å². The number of nitrogens with one attached hydrogen (secondary N) is 1. The number of rotatable bonds is 3. The fraction of sp³-hybridized carbons (Fsp3) is 0.588. The normalized spacial score (nSPS) is 24.3. The molecule has 4 rings (SSSR count). The number of carbonyl (C=O) groups excluding carboxylic acids is 1. The van der Waals surface area contributed by atoms with Crippen LogP contribution >= 0.6 is 11.6 Å². The van der Waals surface area contributed by atoms with Gasteiger partial charge in [0.15, 0.2) is 11.5 Å². The average Bonchev–Trinajstić information content (AvgIpc) is 3.32. The molecule has 1 aromatic rings. The average molecular weight is 337 g/mol. The molecule has 1 saturated carbocycles. The fourth-order valence-electron chi connectivity index (χ4n) is 3.31. The third-order valence-electron chi connectivity index (χ3n) is 4.68. The highest BCUT2D eigenvalue weighted by molar-refractivity contribution is 6.32. The first kappa shape index (κ1) is 15.1. The highest BCUT2D eigenvalue weighted by Gasteiger charge is 2.35. The maximum atomic E-state index is 12.5. The van der Waals surface area contributed by atoms with Crippen molar-refractivity contribution in [1.82, 2.24) is 10.2 Å². The van der Waals surface area contributed by atoms with Crippen molar-refractivity contribution >= 4 is 17.5 Å². The van der Waals surface area contributed by atoms with E-state index < -0.39 is 0 Å². The van der Waals surface area contributed by atoms with Crippen LogP contribution in [0.1, 0.15) is 36.0 Å². The molecule has 1 N–H and O–H groups in total. The van der Waals surface area contributed by atoms with Gasteiger partial charge in [0.1, 0.15) is 0 Å². The fourth-order valence-corrected chi connectivity index (χ4v) is 3.57. The number of fused-ring (bicyclic) bond motifs is 1. The summed E-state index contributed by atoms with van der Waals surface area (Å²) in [6, 6.07) is 4.37. The topological polar surface area (TPSA) is 50.8 Å². The van der Waals surface area contributed by atoms with Crippen LogP contribution in [-0.2, 0) is 0 Å². The number of benzene rings is 1. The first-order valence-corrected chi connectivity index (χ1v) is 8.72. The number of hydrogen-bond donors (Lipinski definition) is 1. The van der Waals surface area contributed by atoms with E-state index in [0.717, 1.165) is 32.0 Å². The van der Waals surface area contributed by atoms with Crippen molar-refractivity contribution in [2.24, 2.45) is 0 Å². The number of likely N-dealkylation sites (tertiary alicyclic amines) is 1. The Labute approximate surface area is 140 Å². The lowest BCUT2D eigenvalue weighted by molar-refractivity contribution is 0.0937. The Hall–Kier alpha value is -1.46. The molecular weight excluding hydrogens is 316 g/mol. The number of hydrogen-bond acceptors (Lipinski definition) is 4. The summed E-state index contributed by atoms with van der Waals surface area (Å²) in [6.45, 7) is 3.19. The maximum Gasteiger partial charge on any atom is 0.251 e. The van der Waals surface area contributed by atoms with E-state index >= 15 is 0 Å². The summed E-state index contributed by atoms with van der Waals surface area (Å²) in [6.07, 6.45) is 4.43. The Morgan fingerprint density at radius 2 is 2.04 bits per heavy atom. The second-order valence-electron chi connectivity index (χ2n) is 6.52. The zero-order chi connectivity index (χ0) is 15.8. The van der Waals surface area contributed by atoms with E-state index in [0.29, 0.717) is 35.3 Å². The number of halogens is 1. The molecule has 1 amide bonds. The van der Waals surface area contributed by atoms with Crippen molar-refractivity contribution in [2.45, 2.75) is 37.8 Å². The van der Waals surface area contributed by atoms with Crippen molar-refractivity contribution in [3.05, 3.63) is 22.7 Å². The molecule has 2 heterocycles. The molecule has 6 heteroatoms. The van der Waals surface area contributed by atoms with E-state index in [4.69, 9.17) is 21.1 Å². The molecule has 0 unspecified atom stereocenters. The summed E-state index contributed by atoms with van der Waals surface area (Å²) < 4.78 is 11.2. The monoisotopic (exact) mass is 336 g/mol. The Morgan fingerprint density at radius 1 is 1.22 bits per heavy atom. The third-order valence-corrected chi connectivity index (χ3v) is 4.96. The van der Waals surface area contributed by atoms with Gasteiger partial charge in [-0.2, -0.15) is 0 Å². The van der Waals surface area contributed by atoms with E-state index in [1.54, 1.807) is 12.1 Å². The smallest absolute Gasteiger partial charge is 0.251 e. The van der Waals surface area contributed by atoms with Crippen LogP contribution in [-0.4, -0.2) is 49.2 Å². The first-order valence-electron chi connectivity index (χ1n) is 8.35. The zero-order valence-electron chi connectivity index (χ0n) is 13.0. The van der Waals surface area contributed by atoms with E-state index in [2.05, 4.69) is 10.2 Å². The molecule has 2 fully saturated rings. The molecule has 23 heavy (non-hydrogen) atoms. The molecule has 0 spiro atoms. The molecule has 1 atom stereocenters. The zero-order valence-corrected chi connectivity index (χ0v) is 13.8. The van der Waals surface area contributed by atoms with Gasteiger partial charge >= 0.3 is 0 Å². The van der Waals surface area contributed by atoms with Gasteiger partial charge in [-0.25, -0.2) is 0 Å². The summed E-state index contributed by atoms with van der Waals surface area (Å²) in [5.41, 5.74) is 0.532. The Bertz CT molecular complexity index is 618. The van der Waals surface area contributed by atoms with Crippen LogP contribution in [0.4, 0.5) is 0 Å². The van der Waals surface area contributed by atoms with Gasteiger partial charge in [0.2, 0.25) is 0 Å². The molecule has 1 aliphatic carbocycles. The van der Waals surface area contributed by atoms with Gasteiger partial charge in [0.25, 0.3) is 5.91 Å². The quantitative estimate of drug-likeness (QED) is 0.921. The SMILES string of the molecule is O=C(N[C@@H]1CCN(C2CC2)C1)c1cc(Cl)c2c(c1)OCCCO2. The van der Waals surface area contributed by atoms with Crippen LogP contribution in [0.5, 0.6) is 11.5 Å². The molecule has 1 aromatic carbocycles. The Morgan fingerprint density at radius 3 is 2.87 bits per heavy atom. The summed E-state index contributed by atoms with van der Waals surface area (Å²) >= 11 is 6.26. The van der Waals surface area contributed by atoms with Gasteiger partial charge in [-0.3, -0.25) is 9.69 Å². The standard InChI is InChI=1S/C17H21ClN2O3/c18-14-8-11(9-15-16(14)23-7-1-6-22-15)17(21)19-12-4-5-20(10-12)13-2-3-13/h8-9,12-13H,1-7,10H2,(H,19,21)/t12-/m1/s1. The van der Waals surface area contributed by atoms with Gasteiger partial charge in [-0.05, 0) is 31.4 Å². The summed E-state index contributed by atoms with van der Waals surface area (Å²) in [4.78, 5) is 15.0. The molecule has 0 radical (unpaired) electrons. The van der Waals surface area contributed by atoms with Crippen LogP contribution in [0.2, 0.25) is 5.02 Å². The van der Waals surface area contributed by atoms with Crippen molar-refractivity contribution in [1.29, 1.82) is 0 Å². The minimum absolute atomic E-state index is 0.0924. The van der Waals surface area contributed by atoms with Crippen molar-refractivity contribution < 1.29 is 14.3 Å². The Balaban J connectivity index is 1.45. The van der Waals surface area contributed by atoms with Crippen LogP contribution < -0.4 is 14.8 Å². The second kappa shape index (κ2) is 6.21. The molecule has 0 bridgehead atoms. The highest BCUT2D eigenvalue weighted by atomic mass is 35.5. The van der Waals surface area contributed by atoms with Crippen molar-refractivity contribution in [2.75, 3.05) is 26.3 Å². The lowest BCUT2D eigenvalue weighted by atomic mass is 10.1. The summed E-state index contributed by atoms with van der Waals surface area (Å²) in [5, 5.41) is 3.55. The van der Waals surface area contributed by atoms with Gasteiger partial charge in [0.05, 0.1) is 18.2 Å². The van der Waals surface area contributed by atoms with E-state index in [1.165, 1.54) is 12.8 Å². The molecule has 2 aliphatic heterocycles. The molecule has 1 saturated heterocycles. The molecule has 5 nitrogen and oxygen atoms in total. The minimum Gasteiger partial charge on any atom is -0.489 e. The summed E-state index contributed by atoms with van der Waals surface area (Å²) in [5.74, 6) is 1.01. The number of carbonyl (C=O) groups is 1. The van der Waals surface area contributed by atoms with Crippen molar-refractivity contribution in [3.63, 3.8) is 0 Å². The first-order chi connectivity index (χ1) is 11.2. The number of ether oxygens (including phenoxy) is 2. The lowest BCUT2D eigenvalue weighted by Gasteiger charge is -2.16. The van der Waals surface area contributed by atoms with Crippen molar-refractivity contribution in [3.8, 4) is 11.5 Å². The van der Waals surface area contributed by atoms with Crippen LogP contribution in [0.25, 0.3) is 0 Å². The number of amides is 1. The van der Waals surface area contributed by atoms with Gasteiger partial charge in [0, 0.05) is 37.2 Å². The maximum absolute atomic E-state index is 12.5.